The molecule has 7 heteroatoms. The van der Waals surface area contributed by atoms with E-state index in [0.29, 0.717) is 22.5 Å². The van der Waals surface area contributed by atoms with E-state index in [-0.39, 0.29) is 24.3 Å². The molecule has 25 heavy (non-hydrogen) atoms. The second kappa shape index (κ2) is 6.88. The van der Waals surface area contributed by atoms with Crippen LogP contribution in [0.5, 0.6) is 5.75 Å². The summed E-state index contributed by atoms with van der Waals surface area (Å²) in [6.45, 7) is 5.61. The molecule has 6 nitrogen and oxygen atoms in total. The van der Waals surface area contributed by atoms with E-state index in [4.69, 9.17) is 4.74 Å². The summed E-state index contributed by atoms with van der Waals surface area (Å²) in [6, 6.07) is 6.39. The van der Waals surface area contributed by atoms with Crippen LogP contribution in [-0.2, 0) is 6.54 Å². The highest BCUT2D eigenvalue weighted by atomic mass is 19.1. The summed E-state index contributed by atoms with van der Waals surface area (Å²) in [4.78, 5) is 16.7. The van der Waals surface area contributed by atoms with Crippen molar-refractivity contribution in [2.75, 3.05) is 0 Å². The summed E-state index contributed by atoms with van der Waals surface area (Å²) >= 11 is 0. The Hall–Kier alpha value is -2.96. The molecule has 0 unspecified atom stereocenters. The van der Waals surface area contributed by atoms with Gasteiger partial charge in [0.15, 0.2) is 17.2 Å². The molecule has 1 aromatic carbocycles. The first kappa shape index (κ1) is 16.9. The lowest BCUT2D eigenvalue weighted by Gasteiger charge is -2.11. The number of hydrogen-bond acceptors (Lipinski definition) is 4. The van der Waals surface area contributed by atoms with Crippen LogP contribution in [0.15, 0.2) is 36.7 Å². The van der Waals surface area contributed by atoms with E-state index in [1.165, 1.54) is 6.07 Å². The number of benzene rings is 1. The average Bonchev–Trinajstić information content (AvgIpc) is 2.90. The zero-order valence-electron chi connectivity index (χ0n) is 14.3. The molecular formula is C18H19FN4O2. The number of fused-ring (bicyclic) bond motifs is 1. The lowest BCUT2D eigenvalue weighted by atomic mass is 10.2. The van der Waals surface area contributed by atoms with Crippen LogP contribution in [0.4, 0.5) is 4.39 Å². The van der Waals surface area contributed by atoms with Crippen molar-refractivity contribution >= 4 is 11.6 Å². The summed E-state index contributed by atoms with van der Waals surface area (Å²) in [5.41, 5.74) is 2.14. The van der Waals surface area contributed by atoms with E-state index in [1.54, 1.807) is 42.0 Å². The molecule has 0 saturated heterocycles. The second-order valence-electron chi connectivity index (χ2n) is 5.96. The van der Waals surface area contributed by atoms with Crippen molar-refractivity contribution in [2.24, 2.45) is 0 Å². The number of amides is 1. The van der Waals surface area contributed by atoms with Gasteiger partial charge in [-0.2, -0.15) is 5.10 Å². The minimum Gasteiger partial charge on any atom is -0.488 e. The average molecular weight is 342 g/mol. The third-order valence-electron chi connectivity index (χ3n) is 3.61. The number of nitrogens with zero attached hydrogens (tertiary/aromatic N) is 3. The van der Waals surface area contributed by atoms with E-state index in [1.807, 2.05) is 13.8 Å². The molecule has 3 rings (SSSR count). The van der Waals surface area contributed by atoms with E-state index < -0.39 is 5.82 Å². The zero-order chi connectivity index (χ0) is 18.0. The van der Waals surface area contributed by atoms with Crippen molar-refractivity contribution < 1.29 is 13.9 Å². The van der Waals surface area contributed by atoms with E-state index in [0.717, 1.165) is 0 Å². The SMILES string of the molecule is Cc1nn2cccnc2c1C(=O)NCc1ccc(OC(C)C)c(F)c1. The van der Waals surface area contributed by atoms with Gasteiger partial charge in [-0.1, -0.05) is 6.07 Å². The molecule has 2 heterocycles. The Balaban J connectivity index is 1.74. The molecule has 0 bridgehead atoms. The van der Waals surface area contributed by atoms with Crippen LogP contribution in [0.1, 0.15) is 35.5 Å². The Morgan fingerprint density at radius 3 is 2.92 bits per heavy atom. The number of aromatic nitrogens is 3. The Bertz CT molecular complexity index is 921. The fourth-order valence-electron chi connectivity index (χ4n) is 2.54. The highest BCUT2D eigenvalue weighted by Crippen LogP contribution is 2.20. The highest BCUT2D eigenvalue weighted by molar-refractivity contribution is 6.00. The molecule has 0 atom stereocenters. The van der Waals surface area contributed by atoms with Gasteiger partial charge >= 0.3 is 0 Å². The summed E-state index contributed by atoms with van der Waals surface area (Å²) in [5, 5.41) is 7.04. The Morgan fingerprint density at radius 2 is 2.20 bits per heavy atom. The minimum atomic E-state index is -0.450. The number of nitrogens with one attached hydrogen (secondary N) is 1. The van der Waals surface area contributed by atoms with Gasteiger partial charge in [0.2, 0.25) is 0 Å². The van der Waals surface area contributed by atoms with Crippen LogP contribution in [0.2, 0.25) is 0 Å². The van der Waals surface area contributed by atoms with Crippen LogP contribution in [-0.4, -0.2) is 26.6 Å². The lowest BCUT2D eigenvalue weighted by Crippen LogP contribution is -2.23. The quantitative estimate of drug-likeness (QED) is 0.774. The largest absolute Gasteiger partial charge is 0.488 e. The Labute approximate surface area is 144 Å². The lowest BCUT2D eigenvalue weighted by molar-refractivity contribution is 0.0951. The fourth-order valence-corrected chi connectivity index (χ4v) is 2.54. The second-order valence-corrected chi connectivity index (χ2v) is 5.96. The van der Waals surface area contributed by atoms with Gasteiger partial charge in [0, 0.05) is 18.9 Å². The first-order valence-corrected chi connectivity index (χ1v) is 7.99. The molecule has 0 aliphatic carbocycles. The molecule has 0 radical (unpaired) electrons. The molecule has 1 N–H and O–H groups in total. The number of rotatable bonds is 5. The number of carbonyl (C=O) groups is 1. The molecule has 130 valence electrons. The van der Waals surface area contributed by atoms with Crippen molar-refractivity contribution in [3.05, 3.63) is 59.3 Å². The van der Waals surface area contributed by atoms with Gasteiger partial charge < -0.3 is 10.1 Å². The molecule has 0 aliphatic rings. The number of aryl methyl sites for hydroxylation is 1. The van der Waals surface area contributed by atoms with Crippen LogP contribution < -0.4 is 10.1 Å². The number of ether oxygens (including phenoxy) is 1. The molecule has 0 saturated carbocycles. The van der Waals surface area contributed by atoms with Gasteiger partial charge in [-0.3, -0.25) is 4.79 Å². The van der Waals surface area contributed by atoms with Gasteiger partial charge in [0.1, 0.15) is 5.56 Å². The number of carbonyl (C=O) groups excluding carboxylic acids is 1. The van der Waals surface area contributed by atoms with E-state index in [9.17, 15) is 9.18 Å². The Morgan fingerprint density at radius 1 is 1.40 bits per heavy atom. The van der Waals surface area contributed by atoms with Crippen molar-refractivity contribution in [3.8, 4) is 5.75 Å². The van der Waals surface area contributed by atoms with Gasteiger partial charge in [-0.15, -0.1) is 0 Å². The summed E-state index contributed by atoms with van der Waals surface area (Å²) in [6.07, 6.45) is 3.23. The molecule has 0 fully saturated rings. The third kappa shape index (κ3) is 3.60. The molecule has 0 aliphatic heterocycles. The van der Waals surface area contributed by atoms with Crippen molar-refractivity contribution in [3.63, 3.8) is 0 Å². The molecule has 1 amide bonds. The Kier molecular flexibility index (Phi) is 4.65. The van der Waals surface area contributed by atoms with Crippen molar-refractivity contribution in [1.29, 1.82) is 0 Å². The van der Waals surface area contributed by atoms with Crippen LogP contribution in [0, 0.1) is 12.7 Å². The molecule has 3 aromatic rings. The van der Waals surface area contributed by atoms with Gasteiger partial charge in [0.25, 0.3) is 5.91 Å². The highest BCUT2D eigenvalue weighted by Gasteiger charge is 2.18. The topological polar surface area (TPSA) is 68.5 Å². The van der Waals surface area contributed by atoms with Crippen LogP contribution in [0.25, 0.3) is 5.65 Å². The van der Waals surface area contributed by atoms with Crippen LogP contribution >= 0.6 is 0 Å². The van der Waals surface area contributed by atoms with Crippen LogP contribution in [0.3, 0.4) is 0 Å². The minimum absolute atomic E-state index is 0.105. The number of hydrogen-bond donors (Lipinski definition) is 1. The monoisotopic (exact) mass is 342 g/mol. The zero-order valence-corrected chi connectivity index (χ0v) is 14.3. The molecular weight excluding hydrogens is 323 g/mol. The predicted octanol–water partition coefficient (Wildman–Crippen LogP) is 2.89. The summed E-state index contributed by atoms with van der Waals surface area (Å²) in [5.74, 6) is -0.545. The smallest absolute Gasteiger partial charge is 0.257 e. The molecule has 0 spiro atoms. The van der Waals surface area contributed by atoms with E-state index in [2.05, 4.69) is 15.4 Å². The first-order chi connectivity index (χ1) is 12.0. The fraction of sp³-hybridized carbons (Fsp3) is 0.278. The van der Waals surface area contributed by atoms with Crippen molar-refractivity contribution in [2.45, 2.75) is 33.4 Å². The predicted molar refractivity (Wildman–Crippen MR) is 91.1 cm³/mol. The maximum absolute atomic E-state index is 14.0. The summed E-state index contributed by atoms with van der Waals surface area (Å²) < 4.78 is 20.9. The maximum atomic E-state index is 14.0. The first-order valence-electron chi connectivity index (χ1n) is 7.99. The summed E-state index contributed by atoms with van der Waals surface area (Å²) in [7, 11) is 0. The van der Waals surface area contributed by atoms with E-state index >= 15 is 0 Å². The van der Waals surface area contributed by atoms with Gasteiger partial charge in [-0.05, 0) is 44.5 Å². The normalized spacial score (nSPS) is 11.1. The van der Waals surface area contributed by atoms with Crippen molar-refractivity contribution in [1.82, 2.24) is 19.9 Å². The third-order valence-corrected chi connectivity index (χ3v) is 3.61. The molecule has 2 aromatic heterocycles. The maximum Gasteiger partial charge on any atom is 0.257 e. The van der Waals surface area contributed by atoms with Gasteiger partial charge in [0.05, 0.1) is 11.8 Å². The van der Waals surface area contributed by atoms with Gasteiger partial charge in [-0.25, -0.2) is 13.9 Å². The number of halogens is 1. The standard InChI is InChI=1S/C18H19FN4O2/c1-11(2)25-15-6-5-13(9-14(15)19)10-21-18(24)16-12(3)22-23-8-4-7-20-17(16)23/h4-9,11H,10H2,1-3H3,(H,21,24).